The molecule has 1 radical (unpaired) electrons. The molecule has 1 unspecified atom stereocenters. The second kappa shape index (κ2) is 22.4. The summed E-state index contributed by atoms with van der Waals surface area (Å²) in [5.41, 5.74) is 22.5. The van der Waals surface area contributed by atoms with Crippen LogP contribution in [-0.4, -0.2) is 11.7 Å². The van der Waals surface area contributed by atoms with Crippen molar-refractivity contribution >= 4 is 11.7 Å². The van der Waals surface area contributed by atoms with E-state index in [9.17, 15) is 0 Å². The van der Waals surface area contributed by atoms with Gasteiger partial charge >= 0.3 is 0 Å². The molecule has 3 nitrogen and oxygen atoms in total. The van der Waals surface area contributed by atoms with E-state index in [-0.39, 0.29) is 24.7 Å². The Balaban J connectivity index is 0.00000127. The standard InChI is InChI=1S/C49H49N3.3C2H6.V/c1-10-37-28-31(4)27-36(9)46(37)40-15-21-43(22-16-40)49-51-47(41-17-11-38(12-18-41)44-32(5)23-29(2)24-33(44)6)50-48(52-49)42-19-13-39(14-20-42)45-34(7)25-30(3)26-35(45)8;3*1-2;/h11-28,47H,10H2,1-9H3,(H,50,51,52);3*1-2H3;. The summed E-state index contributed by atoms with van der Waals surface area (Å²) < 4.78 is 0. The van der Waals surface area contributed by atoms with Gasteiger partial charge in [0.25, 0.3) is 0 Å². The van der Waals surface area contributed by atoms with Crippen LogP contribution in [-0.2, 0) is 25.0 Å². The topological polar surface area (TPSA) is 36.8 Å². The molecule has 1 atom stereocenters. The molecule has 0 amide bonds. The fraction of sp³-hybridized carbons (Fsp3) is 0.309. The molecule has 0 bridgehead atoms. The third kappa shape index (κ3) is 11.2. The first kappa shape index (κ1) is 48.4. The van der Waals surface area contributed by atoms with E-state index in [4.69, 9.17) is 9.98 Å². The summed E-state index contributed by atoms with van der Waals surface area (Å²) >= 11 is 0. The molecule has 0 aromatic heterocycles. The predicted molar refractivity (Wildman–Crippen MR) is 256 cm³/mol. The average Bonchev–Trinajstić information content (AvgIpc) is 3.22. The molecule has 6 aromatic carbocycles. The minimum absolute atomic E-state index is 0. The zero-order valence-corrected chi connectivity index (χ0v) is 39.9. The van der Waals surface area contributed by atoms with Gasteiger partial charge in [0.05, 0.1) is 0 Å². The van der Waals surface area contributed by atoms with E-state index >= 15 is 0 Å². The predicted octanol–water partition coefficient (Wildman–Crippen LogP) is 15.3. The Morgan fingerprint density at radius 3 is 1.05 bits per heavy atom. The van der Waals surface area contributed by atoms with E-state index in [2.05, 4.69) is 177 Å². The van der Waals surface area contributed by atoms with Gasteiger partial charge in [0.15, 0.2) is 6.17 Å². The van der Waals surface area contributed by atoms with Crippen molar-refractivity contribution in [2.24, 2.45) is 9.98 Å². The molecule has 0 fully saturated rings. The van der Waals surface area contributed by atoms with Gasteiger partial charge in [0.1, 0.15) is 11.7 Å². The molecule has 307 valence electrons. The van der Waals surface area contributed by atoms with E-state index in [0.717, 1.165) is 34.8 Å². The number of aliphatic imine (C=N–C) groups is 2. The third-order valence-electron chi connectivity index (χ3n) is 10.4. The monoisotopic (exact) mass is 820 g/mol. The maximum absolute atomic E-state index is 5.23. The van der Waals surface area contributed by atoms with Crippen LogP contribution in [0.15, 0.2) is 119 Å². The molecular weight excluding hydrogens is 754 g/mol. The number of nitrogens with one attached hydrogen (secondary N) is 1. The first-order valence-corrected chi connectivity index (χ1v) is 21.5. The number of amidine groups is 2. The smallest absolute Gasteiger partial charge is 0.169 e. The Morgan fingerprint density at radius 1 is 0.407 bits per heavy atom. The number of benzene rings is 6. The number of hydrogen-bond donors (Lipinski definition) is 1. The molecular formula is C55H67N3V. The van der Waals surface area contributed by atoms with Crippen molar-refractivity contribution < 1.29 is 18.6 Å². The van der Waals surface area contributed by atoms with Gasteiger partial charge in [0, 0.05) is 29.7 Å². The summed E-state index contributed by atoms with van der Waals surface area (Å²) in [6.07, 6.45) is 0.617. The number of aryl methyl sites for hydroxylation is 9. The minimum Gasteiger partial charge on any atom is -0.324 e. The molecule has 1 aliphatic rings. The molecule has 1 N–H and O–H groups in total. The number of hydrogen-bond acceptors (Lipinski definition) is 3. The second-order valence-corrected chi connectivity index (χ2v) is 14.7. The van der Waals surface area contributed by atoms with E-state index in [1.807, 2.05) is 41.5 Å². The molecule has 59 heavy (non-hydrogen) atoms. The molecule has 7 rings (SSSR count). The van der Waals surface area contributed by atoms with Crippen LogP contribution in [0.5, 0.6) is 0 Å². The van der Waals surface area contributed by atoms with E-state index in [1.54, 1.807) is 0 Å². The van der Waals surface area contributed by atoms with Gasteiger partial charge in [-0.05, 0) is 134 Å². The summed E-state index contributed by atoms with van der Waals surface area (Å²) in [5, 5.41) is 3.63. The Bertz CT molecular complexity index is 2320. The fourth-order valence-electron chi connectivity index (χ4n) is 8.32. The van der Waals surface area contributed by atoms with Crippen molar-refractivity contribution in [2.45, 2.75) is 116 Å². The molecule has 0 aliphatic carbocycles. The summed E-state index contributed by atoms with van der Waals surface area (Å²) in [7, 11) is 0. The molecule has 0 saturated heterocycles. The van der Waals surface area contributed by atoms with Gasteiger partial charge in [0.2, 0.25) is 0 Å². The Kier molecular flexibility index (Phi) is 18.4. The van der Waals surface area contributed by atoms with Crippen LogP contribution in [0.4, 0.5) is 0 Å². The van der Waals surface area contributed by atoms with Crippen molar-refractivity contribution in [1.82, 2.24) is 5.32 Å². The van der Waals surface area contributed by atoms with Crippen LogP contribution in [0, 0.1) is 55.4 Å². The van der Waals surface area contributed by atoms with Gasteiger partial charge in [-0.2, -0.15) is 0 Å². The molecule has 0 spiro atoms. The Morgan fingerprint density at radius 2 is 0.695 bits per heavy atom. The third-order valence-corrected chi connectivity index (χ3v) is 10.4. The average molecular weight is 821 g/mol. The van der Waals surface area contributed by atoms with Crippen molar-refractivity contribution in [1.29, 1.82) is 0 Å². The molecule has 6 aromatic rings. The summed E-state index contributed by atoms with van der Waals surface area (Å²) in [4.78, 5) is 10.4. The Labute approximate surface area is 369 Å². The van der Waals surface area contributed by atoms with Crippen molar-refractivity contribution in [3.05, 3.63) is 176 Å². The molecule has 0 saturated carbocycles. The first-order valence-electron chi connectivity index (χ1n) is 21.5. The quantitative estimate of drug-likeness (QED) is 0.171. The normalized spacial score (nSPS) is 12.8. The zero-order valence-electron chi connectivity index (χ0n) is 38.5. The summed E-state index contributed by atoms with van der Waals surface area (Å²) in [6, 6.07) is 40.1. The number of rotatable bonds is 7. The molecule has 1 aliphatic heterocycles. The van der Waals surface area contributed by atoms with Crippen LogP contribution >= 0.6 is 0 Å². The van der Waals surface area contributed by atoms with E-state index in [1.165, 1.54) is 83.5 Å². The maximum Gasteiger partial charge on any atom is 0.169 e. The van der Waals surface area contributed by atoms with Crippen LogP contribution in [0.1, 0.15) is 121 Å². The minimum atomic E-state index is -0.382. The summed E-state index contributed by atoms with van der Waals surface area (Å²) in [6.45, 7) is 31.7. The second-order valence-electron chi connectivity index (χ2n) is 14.7. The Hall–Kier alpha value is -4.96. The van der Waals surface area contributed by atoms with Crippen LogP contribution in [0.25, 0.3) is 33.4 Å². The van der Waals surface area contributed by atoms with Gasteiger partial charge in [-0.3, -0.25) is 0 Å². The van der Waals surface area contributed by atoms with Crippen molar-refractivity contribution in [3.8, 4) is 33.4 Å². The van der Waals surface area contributed by atoms with Crippen LogP contribution in [0.2, 0.25) is 0 Å². The van der Waals surface area contributed by atoms with Gasteiger partial charge < -0.3 is 5.32 Å². The first-order chi connectivity index (χ1) is 28.0. The molecule has 4 heteroatoms. The summed E-state index contributed by atoms with van der Waals surface area (Å²) in [5.74, 6) is 1.64. The van der Waals surface area contributed by atoms with Gasteiger partial charge in [-0.15, -0.1) is 0 Å². The maximum atomic E-state index is 5.23. The van der Waals surface area contributed by atoms with Gasteiger partial charge in [-0.1, -0.05) is 174 Å². The number of nitrogens with zero attached hydrogens (tertiary/aromatic N) is 2. The SMILES string of the molecule is CC.CC.CC.CCc1cc(C)cc(C)c1-c1ccc(C2=NC(c3ccc(-c4c(C)cc(C)cc4C)cc3)N=C(c3ccc(-c4c(C)cc(C)cc4C)cc3)N2)cc1.[V]. The van der Waals surface area contributed by atoms with Crippen molar-refractivity contribution in [2.75, 3.05) is 0 Å². The molecule has 1 heterocycles. The van der Waals surface area contributed by atoms with Crippen LogP contribution in [0.3, 0.4) is 0 Å². The van der Waals surface area contributed by atoms with E-state index in [0.29, 0.717) is 0 Å². The zero-order chi connectivity index (χ0) is 42.7. The van der Waals surface area contributed by atoms with Crippen LogP contribution < -0.4 is 5.32 Å². The fourth-order valence-corrected chi connectivity index (χ4v) is 8.32. The van der Waals surface area contributed by atoms with E-state index < -0.39 is 0 Å². The van der Waals surface area contributed by atoms with Crippen molar-refractivity contribution in [3.63, 3.8) is 0 Å². The largest absolute Gasteiger partial charge is 0.324 e. The van der Waals surface area contributed by atoms with Gasteiger partial charge in [-0.25, -0.2) is 9.98 Å².